The molecule has 0 aliphatic rings. The second-order valence-corrected chi connectivity index (χ2v) is 2.21. The number of nitrogen functional groups attached to an aromatic ring is 1. The minimum atomic E-state index is 0.517. The van der Waals surface area contributed by atoms with Crippen LogP contribution in [-0.4, -0.2) is 14.6 Å². The Morgan fingerprint density at radius 1 is 1.55 bits per heavy atom. The molecule has 1 radical (unpaired) electrons. The molecule has 0 fully saturated rings. The van der Waals surface area contributed by atoms with Crippen molar-refractivity contribution in [2.24, 2.45) is 0 Å². The third kappa shape index (κ3) is 1.64. The maximum absolute atomic E-state index is 12.0. The molecule has 4 heteroatoms. The fraction of sp³-hybridized carbons (Fsp3) is 0.143. The van der Waals surface area contributed by atoms with Gasteiger partial charge in [0, 0.05) is 7.05 Å². The van der Waals surface area contributed by atoms with Gasteiger partial charge in [-0.1, -0.05) is 6.07 Å². The first-order chi connectivity index (χ1) is 5.27. The van der Waals surface area contributed by atoms with Crippen molar-refractivity contribution in [1.29, 1.82) is 0 Å². The summed E-state index contributed by atoms with van der Waals surface area (Å²) >= 11 is 0. The summed E-state index contributed by atoms with van der Waals surface area (Å²) in [5.41, 5.74) is 7.44. The van der Waals surface area contributed by atoms with E-state index in [1.54, 1.807) is 25.2 Å². The quantitative estimate of drug-likeness (QED) is 0.477. The summed E-state index contributed by atoms with van der Waals surface area (Å²) in [5, 5.41) is 2.86. The van der Waals surface area contributed by atoms with Gasteiger partial charge in [-0.05, 0) is 17.6 Å². The van der Waals surface area contributed by atoms with Crippen molar-refractivity contribution < 1.29 is 4.32 Å². The molecule has 0 aromatic heterocycles. The van der Waals surface area contributed by atoms with Crippen LogP contribution in [0.3, 0.4) is 0 Å². The van der Waals surface area contributed by atoms with E-state index in [2.05, 4.69) is 5.32 Å². The van der Waals surface area contributed by atoms with Gasteiger partial charge in [0.15, 0.2) is 0 Å². The normalized spacial score (nSPS) is 9.27. The SMILES string of the molecule is CNc1cc([B]F)ccc1N. The van der Waals surface area contributed by atoms with Crippen molar-refractivity contribution in [2.75, 3.05) is 18.1 Å². The maximum atomic E-state index is 12.0. The summed E-state index contributed by atoms with van der Waals surface area (Å²) < 4.78 is 12.0. The van der Waals surface area contributed by atoms with Gasteiger partial charge in [0.25, 0.3) is 0 Å². The summed E-state index contributed by atoms with van der Waals surface area (Å²) in [6.07, 6.45) is 0. The van der Waals surface area contributed by atoms with Crippen LogP contribution in [0.4, 0.5) is 15.7 Å². The van der Waals surface area contributed by atoms with E-state index in [0.717, 1.165) is 5.69 Å². The molecule has 1 aromatic carbocycles. The topological polar surface area (TPSA) is 38.0 Å². The average Bonchev–Trinajstić information content (AvgIpc) is 2.05. The summed E-state index contributed by atoms with van der Waals surface area (Å²) in [4.78, 5) is 0. The predicted molar refractivity (Wildman–Crippen MR) is 46.9 cm³/mol. The van der Waals surface area contributed by atoms with E-state index in [1.165, 1.54) is 0 Å². The first kappa shape index (κ1) is 7.92. The summed E-state index contributed by atoms with van der Waals surface area (Å²) in [5.74, 6) is 0. The highest BCUT2D eigenvalue weighted by Gasteiger charge is 1.99. The second-order valence-electron chi connectivity index (χ2n) is 2.21. The number of rotatable bonds is 2. The van der Waals surface area contributed by atoms with Crippen LogP contribution < -0.4 is 16.5 Å². The third-order valence-corrected chi connectivity index (χ3v) is 1.47. The molecule has 0 atom stereocenters. The van der Waals surface area contributed by atoms with Gasteiger partial charge >= 0.3 is 7.56 Å². The Labute approximate surface area is 65.9 Å². The zero-order chi connectivity index (χ0) is 8.27. The number of hydrogen-bond acceptors (Lipinski definition) is 2. The van der Waals surface area contributed by atoms with E-state index in [4.69, 9.17) is 5.73 Å². The van der Waals surface area contributed by atoms with Gasteiger partial charge in [-0.15, -0.1) is 0 Å². The minimum Gasteiger partial charge on any atom is -0.397 e. The Morgan fingerprint density at radius 3 is 2.82 bits per heavy atom. The average molecular weight is 151 g/mol. The zero-order valence-electron chi connectivity index (χ0n) is 6.26. The molecule has 0 spiro atoms. The molecule has 0 saturated heterocycles. The van der Waals surface area contributed by atoms with Crippen LogP contribution in [0.15, 0.2) is 18.2 Å². The van der Waals surface area contributed by atoms with Crippen molar-refractivity contribution >= 4 is 24.4 Å². The fourth-order valence-electron chi connectivity index (χ4n) is 0.858. The van der Waals surface area contributed by atoms with Crippen molar-refractivity contribution in [3.63, 3.8) is 0 Å². The van der Waals surface area contributed by atoms with Crippen LogP contribution >= 0.6 is 0 Å². The Kier molecular flexibility index (Phi) is 2.36. The molecule has 0 aliphatic heterocycles. The van der Waals surface area contributed by atoms with Crippen LogP contribution in [0, 0.1) is 0 Å². The number of hydrogen-bond donors (Lipinski definition) is 2. The van der Waals surface area contributed by atoms with Crippen LogP contribution in [-0.2, 0) is 0 Å². The molecular formula is C7H9BFN2. The summed E-state index contributed by atoms with van der Waals surface area (Å²) in [7, 11) is 2.29. The van der Waals surface area contributed by atoms with Crippen LogP contribution in [0.5, 0.6) is 0 Å². The number of benzene rings is 1. The highest BCUT2D eigenvalue weighted by molar-refractivity contribution is 6.46. The van der Waals surface area contributed by atoms with Crippen LogP contribution in [0.1, 0.15) is 0 Å². The molecule has 1 aromatic rings. The van der Waals surface area contributed by atoms with Gasteiger partial charge in [0.05, 0.1) is 11.4 Å². The molecule has 3 N–H and O–H groups in total. The van der Waals surface area contributed by atoms with E-state index in [9.17, 15) is 4.32 Å². The first-order valence-corrected chi connectivity index (χ1v) is 3.28. The van der Waals surface area contributed by atoms with E-state index < -0.39 is 0 Å². The van der Waals surface area contributed by atoms with Crippen LogP contribution in [0.25, 0.3) is 0 Å². The lowest BCUT2D eigenvalue weighted by Crippen LogP contribution is -2.11. The van der Waals surface area contributed by atoms with Gasteiger partial charge in [0.2, 0.25) is 0 Å². The lowest BCUT2D eigenvalue weighted by molar-refractivity contribution is 0.885. The molecule has 0 aliphatic carbocycles. The molecule has 0 saturated carbocycles. The van der Waals surface area contributed by atoms with Gasteiger partial charge in [-0.25, -0.2) is 0 Å². The monoisotopic (exact) mass is 151 g/mol. The van der Waals surface area contributed by atoms with Crippen molar-refractivity contribution in [3.8, 4) is 0 Å². The van der Waals surface area contributed by atoms with Crippen LogP contribution in [0.2, 0.25) is 0 Å². The first-order valence-electron chi connectivity index (χ1n) is 3.28. The summed E-state index contributed by atoms with van der Waals surface area (Å²) in [6.45, 7) is 0. The van der Waals surface area contributed by atoms with E-state index in [0.29, 0.717) is 18.7 Å². The Morgan fingerprint density at radius 2 is 2.27 bits per heavy atom. The number of nitrogens with one attached hydrogen (secondary N) is 1. The minimum absolute atomic E-state index is 0.517. The zero-order valence-corrected chi connectivity index (χ0v) is 6.26. The van der Waals surface area contributed by atoms with E-state index >= 15 is 0 Å². The highest BCUT2D eigenvalue weighted by Crippen LogP contribution is 2.13. The molecule has 2 nitrogen and oxygen atoms in total. The van der Waals surface area contributed by atoms with E-state index in [1.807, 2.05) is 0 Å². The number of halogens is 1. The van der Waals surface area contributed by atoms with Crippen molar-refractivity contribution in [2.45, 2.75) is 0 Å². The van der Waals surface area contributed by atoms with Crippen molar-refractivity contribution in [1.82, 2.24) is 0 Å². The lowest BCUT2D eigenvalue weighted by atomic mass is 9.91. The standard InChI is InChI=1S/C7H9BFN2/c1-11-7-4-5(8-9)2-3-6(7)10/h2-4,11H,10H2,1H3. The number of anilines is 2. The number of nitrogens with two attached hydrogens (primary N) is 1. The molecule has 0 heterocycles. The largest absolute Gasteiger partial charge is 0.397 e. The molecule has 0 unspecified atom stereocenters. The molecule has 1 rings (SSSR count). The third-order valence-electron chi connectivity index (χ3n) is 1.47. The fourth-order valence-corrected chi connectivity index (χ4v) is 0.858. The van der Waals surface area contributed by atoms with Crippen molar-refractivity contribution in [3.05, 3.63) is 18.2 Å². The molecule has 0 amide bonds. The second kappa shape index (κ2) is 3.28. The molecule has 57 valence electrons. The van der Waals surface area contributed by atoms with Gasteiger partial charge in [-0.2, -0.15) is 0 Å². The molecular weight excluding hydrogens is 142 g/mol. The van der Waals surface area contributed by atoms with Gasteiger partial charge in [0.1, 0.15) is 0 Å². The Balaban J connectivity index is 3.02. The lowest BCUT2D eigenvalue weighted by Gasteiger charge is -2.04. The van der Waals surface area contributed by atoms with Gasteiger partial charge < -0.3 is 15.4 Å². The summed E-state index contributed by atoms with van der Waals surface area (Å²) in [6, 6.07) is 4.93. The van der Waals surface area contributed by atoms with Gasteiger partial charge in [-0.3, -0.25) is 0 Å². The molecule has 0 bridgehead atoms. The highest BCUT2D eigenvalue weighted by atomic mass is 19.1. The predicted octanol–water partition coefficient (Wildman–Crippen LogP) is 0.524. The maximum Gasteiger partial charge on any atom is 0.391 e. The Hall–Kier alpha value is -1.19. The molecule has 11 heavy (non-hydrogen) atoms. The van der Waals surface area contributed by atoms with E-state index in [-0.39, 0.29) is 0 Å². The Bertz CT molecular complexity index is 252. The smallest absolute Gasteiger partial charge is 0.391 e.